The largest absolute Gasteiger partial charge is 0.495 e. The number of benzene rings is 4. The Bertz CT molecular complexity index is 3180. The Balaban J connectivity index is 0.000000190. The van der Waals surface area contributed by atoms with Crippen LogP contribution in [-0.2, 0) is 63.0 Å². The van der Waals surface area contributed by atoms with Crippen molar-refractivity contribution in [2.24, 2.45) is 0 Å². The van der Waals surface area contributed by atoms with Crippen LogP contribution in [0, 0.1) is 11.6 Å². The molecule has 28 heteroatoms. The summed E-state index contributed by atoms with van der Waals surface area (Å²) in [6, 6.07) is 14.7. The topological polar surface area (TPSA) is 204 Å². The Labute approximate surface area is 440 Å². The van der Waals surface area contributed by atoms with Crippen molar-refractivity contribution >= 4 is 43.2 Å². The number of amides is 2. The number of morpholine rings is 2. The average molecular weight is 1140 g/mol. The molecule has 2 aromatic heterocycles. The Morgan fingerprint density at radius 3 is 1.33 bits per heavy atom. The highest BCUT2D eigenvalue weighted by atomic mass is 32.2. The van der Waals surface area contributed by atoms with E-state index in [2.05, 4.69) is 10.3 Å². The minimum atomic E-state index is -4.61. The molecular weight excluding hydrogens is 1090 g/mol. The van der Waals surface area contributed by atoms with Gasteiger partial charge in [0.05, 0.1) is 72.4 Å². The zero-order chi connectivity index (χ0) is 55.9. The number of halogens is 8. The van der Waals surface area contributed by atoms with Gasteiger partial charge in [0.2, 0.25) is 20.0 Å². The third kappa shape index (κ3) is 11.7. The van der Waals surface area contributed by atoms with Gasteiger partial charge in [0.15, 0.2) is 0 Å². The molecule has 18 nitrogen and oxygen atoms in total. The predicted molar refractivity (Wildman–Crippen MR) is 259 cm³/mol. The first-order chi connectivity index (χ1) is 36.9. The fourth-order valence-electron chi connectivity index (χ4n) is 9.81. The summed E-state index contributed by atoms with van der Waals surface area (Å²) in [6.07, 6.45) is -7.71. The van der Waals surface area contributed by atoms with Gasteiger partial charge in [-0.2, -0.15) is 35.0 Å². The molecule has 4 aliphatic heterocycles. The molecule has 6 heterocycles. The average Bonchev–Trinajstić information content (AvgIpc) is 4.17. The van der Waals surface area contributed by atoms with Crippen molar-refractivity contribution in [1.82, 2.24) is 18.9 Å². The molecule has 0 saturated carbocycles. The molecule has 78 heavy (non-hydrogen) atoms. The number of hydrogen-bond acceptors (Lipinski definition) is 14. The number of alkyl halides is 6. The van der Waals surface area contributed by atoms with E-state index in [1.807, 2.05) is 0 Å². The van der Waals surface area contributed by atoms with Crippen LogP contribution in [0.15, 0.2) is 107 Å². The molecule has 0 spiro atoms. The van der Waals surface area contributed by atoms with Crippen LogP contribution < -0.4 is 19.3 Å². The summed E-state index contributed by atoms with van der Waals surface area (Å²) in [4.78, 5) is 28.6. The van der Waals surface area contributed by atoms with Gasteiger partial charge in [0, 0.05) is 61.6 Å². The number of carbonyl (C=O) groups excluding carboxylic acids is 2. The van der Waals surface area contributed by atoms with E-state index in [4.69, 9.17) is 28.0 Å². The van der Waals surface area contributed by atoms with Gasteiger partial charge in [-0.25, -0.2) is 25.6 Å². The Morgan fingerprint density at radius 2 is 0.987 bits per heavy atom. The van der Waals surface area contributed by atoms with E-state index >= 15 is 8.78 Å². The highest BCUT2D eigenvalue weighted by molar-refractivity contribution is 7.88. The van der Waals surface area contributed by atoms with Crippen molar-refractivity contribution in [2.45, 2.75) is 61.0 Å². The fourth-order valence-corrected chi connectivity index (χ4v) is 12.7. The van der Waals surface area contributed by atoms with Crippen molar-refractivity contribution in [3.05, 3.63) is 132 Å². The molecule has 6 aromatic rings. The number of nitrogens with zero attached hydrogens (tertiary/aromatic N) is 6. The van der Waals surface area contributed by atoms with Gasteiger partial charge < -0.3 is 37.8 Å². The van der Waals surface area contributed by atoms with E-state index in [0.29, 0.717) is 0 Å². The van der Waals surface area contributed by atoms with Gasteiger partial charge in [-0.15, -0.1) is 0 Å². The summed E-state index contributed by atoms with van der Waals surface area (Å²) >= 11 is 0. The van der Waals surface area contributed by atoms with Crippen LogP contribution >= 0.6 is 0 Å². The smallest absolute Gasteiger partial charge is 0.416 e. The molecule has 4 aromatic carbocycles. The number of methoxy groups -OCH3 is 2. The van der Waals surface area contributed by atoms with Crippen molar-refractivity contribution in [3.63, 3.8) is 0 Å². The number of rotatable bonds is 12. The van der Waals surface area contributed by atoms with Crippen LogP contribution in [0.1, 0.15) is 35.4 Å². The zero-order valence-corrected chi connectivity index (χ0v) is 42.7. The second kappa shape index (κ2) is 22.0. The van der Waals surface area contributed by atoms with Crippen molar-refractivity contribution < 1.29 is 89.5 Å². The lowest BCUT2D eigenvalue weighted by Crippen LogP contribution is -2.62. The minimum Gasteiger partial charge on any atom is -0.495 e. The lowest BCUT2D eigenvalue weighted by molar-refractivity contribution is -0.138. The van der Waals surface area contributed by atoms with E-state index in [-0.39, 0.29) is 120 Å². The number of anilines is 2. The van der Waals surface area contributed by atoms with Gasteiger partial charge in [0.25, 0.3) is 11.8 Å². The molecule has 4 atom stereocenters. The van der Waals surface area contributed by atoms with Crippen LogP contribution in [0.25, 0.3) is 22.3 Å². The normalized spacial score (nSPS) is 20.6. The Kier molecular flexibility index (Phi) is 15.8. The summed E-state index contributed by atoms with van der Waals surface area (Å²) in [6.45, 7) is -0.691. The summed E-state index contributed by atoms with van der Waals surface area (Å²) in [5.74, 6) is -3.27. The highest BCUT2D eigenvalue weighted by Gasteiger charge is 2.47. The zero-order valence-electron chi connectivity index (χ0n) is 41.0. The number of sulfonamides is 2. The van der Waals surface area contributed by atoms with Crippen molar-refractivity contribution in [1.29, 1.82) is 0 Å². The van der Waals surface area contributed by atoms with E-state index in [1.54, 1.807) is 0 Å². The number of carbonyl (C=O) groups is 2. The molecule has 4 fully saturated rings. The molecule has 0 bridgehead atoms. The third-order valence-electron chi connectivity index (χ3n) is 13.5. The maximum atomic E-state index is 15.4. The molecule has 0 unspecified atom stereocenters. The Hall–Kier alpha value is -6.98. The number of ether oxygens (including phenoxy) is 4. The first-order valence-electron chi connectivity index (χ1n) is 23.7. The highest BCUT2D eigenvalue weighted by Crippen LogP contribution is 2.43. The molecule has 0 aliphatic carbocycles. The molecule has 4 aliphatic rings. The van der Waals surface area contributed by atoms with Gasteiger partial charge >= 0.3 is 12.4 Å². The van der Waals surface area contributed by atoms with Gasteiger partial charge in [-0.05, 0) is 60.4 Å². The van der Waals surface area contributed by atoms with E-state index in [0.717, 1.165) is 36.4 Å². The monoisotopic (exact) mass is 1140 g/mol. The van der Waals surface area contributed by atoms with Crippen LogP contribution in [0.3, 0.4) is 0 Å². The van der Waals surface area contributed by atoms with Crippen molar-refractivity contribution in [2.75, 3.05) is 63.4 Å². The minimum absolute atomic E-state index is 0.0102. The summed E-state index contributed by atoms with van der Waals surface area (Å²) in [5.41, 5.74) is -1.49. The molecule has 10 rings (SSSR count). The molecule has 0 radical (unpaired) electrons. The lowest BCUT2D eigenvalue weighted by atomic mass is 9.97. The van der Waals surface area contributed by atoms with Crippen LogP contribution in [0.5, 0.6) is 11.5 Å². The Morgan fingerprint density at radius 1 is 0.590 bits per heavy atom. The lowest BCUT2D eigenvalue weighted by Gasteiger charge is -2.46. The van der Waals surface area contributed by atoms with E-state index in [1.165, 1.54) is 93.7 Å². The summed E-state index contributed by atoms with van der Waals surface area (Å²) in [7, 11) is -4.92. The number of piperidine rings is 2. The molecule has 2 amide bonds. The quantitative estimate of drug-likeness (QED) is 0.108. The van der Waals surface area contributed by atoms with Gasteiger partial charge in [-0.1, -0.05) is 34.6 Å². The summed E-state index contributed by atoms with van der Waals surface area (Å²) < 4.78 is 196. The van der Waals surface area contributed by atoms with Crippen LogP contribution in [0.2, 0.25) is 0 Å². The maximum Gasteiger partial charge on any atom is 0.416 e. The SMILES string of the molecule is COc1cc(-c2cccc(C(F)(F)F)c2)c(F)cc1N1C(=O)CO[C@@H]2CN(S(=O)(=O)Cc3ccon3)CC[C@H]21.COc1cc(-c2cccc(C(F)(F)F)c2)c(F)cc1N1C(=O)CO[C@H]2CN(S(=O)(=O)Cc3ccon3)CC[C@@H]21. The van der Waals surface area contributed by atoms with E-state index in [9.17, 15) is 52.8 Å². The predicted octanol–water partition coefficient (Wildman–Crippen LogP) is 7.69. The van der Waals surface area contributed by atoms with Crippen molar-refractivity contribution in [3.8, 4) is 33.8 Å². The van der Waals surface area contributed by atoms with Crippen LogP contribution in [0.4, 0.5) is 46.5 Å². The number of fused-ring (bicyclic) bond motifs is 2. The first kappa shape index (κ1) is 55.8. The van der Waals surface area contributed by atoms with Gasteiger partial charge in [-0.3, -0.25) is 9.59 Å². The maximum absolute atomic E-state index is 15.4. The van der Waals surface area contributed by atoms with Crippen LogP contribution in [-0.4, -0.2) is 125 Å². The summed E-state index contributed by atoms with van der Waals surface area (Å²) in [5, 5.41) is 7.28. The fraction of sp³-hybridized carbons (Fsp3) is 0.360. The molecule has 416 valence electrons. The number of hydrogen-bond donors (Lipinski definition) is 0. The molecule has 0 N–H and O–H groups in total. The third-order valence-corrected chi connectivity index (χ3v) is 17.1. The standard InChI is InChI=1S/2C25H23F4N3O6S/c2*1-36-22-10-18(15-3-2-4-16(9-15)25(27,28)29)19(26)11-21(22)32-20-5-7-31(12-23(20)37-13-24(32)33)39(34,35)14-17-6-8-38-30-17/h2*2-4,6,8-11,20,23H,5,7,12-14H2,1H3/t2*20-,23-/m10/s1. The molecular formula is C50H46F8N6O12S2. The number of aromatic nitrogens is 2. The van der Waals surface area contributed by atoms with Gasteiger partial charge in [0.1, 0.15) is 60.4 Å². The second-order valence-corrected chi connectivity index (χ2v) is 22.3. The second-order valence-electron chi connectivity index (χ2n) is 18.3. The molecule has 4 saturated heterocycles. The van der Waals surface area contributed by atoms with E-state index < -0.39 is 91.3 Å². The first-order valence-corrected chi connectivity index (χ1v) is 26.9.